The molecule has 4 aromatic rings. The molecule has 0 radical (unpaired) electrons. The maximum atomic E-state index is 12.5. The van der Waals surface area contributed by atoms with Crippen LogP contribution in [0.2, 0.25) is 5.02 Å². The van der Waals surface area contributed by atoms with Crippen molar-refractivity contribution in [2.45, 2.75) is 6.42 Å². The largest absolute Gasteiger partial charge is 0.493 e. The Labute approximate surface area is 190 Å². The number of ether oxygens (including phenoxy) is 2. The van der Waals surface area contributed by atoms with Crippen molar-refractivity contribution in [3.05, 3.63) is 88.2 Å². The SMILES string of the molecule is COc1cc(/C=N\NC(=O)c2ccc3nc(Cc4ccccc4)[nH]c3c2)cc(Cl)c1OC. The monoisotopic (exact) mass is 448 g/mol. The Morgan fingerprint density at radius 2 is 1.94 bits per heavy atom. The molecule has 0 saturated carbocycles. The first kappa shape index (κ1) is 21.4. The van der Waals surface area contributed by atoms with Crippen LogP contribution >= 0.6 is 11.6 Å². The third-order valence-corrected chi connectivity index (χ3v) is 5.12. The fourth-order valence-corrected chi connectivity index (χ4v) is 3.62. The van der Waals surface area contributed by atoms with E-state index in [1.807, 2.05) is 24.3 Å². The molecule has 1 amide bonds. The highest BCUT2D eigenvalue weighted by Gasteiger charge is 2.11. The van der Waals surface area contributed by atoms with Gasteiger partial charge in [-0.05, 0) is 41.5 Å². The van der Waals surface area contributed by atoms with Gasteiger partial charge in [0.15, 0.2) is 11.5 Å². The molecule has 0 spiro atoms. The number of amides is 1. The van der Waals surface area contributed by atoms with Crippen molar-refractivity contribution in [3.8, 4) is 11.5 Å². The molecule has 0 saturated heterocycles. The Kier molecular flexibility index (Phi) is 6.37. The average molecular weight is 449 g/mol. The van der Waals surface area contributed by atoms with Gasteiger partial charge in [0.2, 0.25) is 0 Å². The molecule has 162 valence electrons. The molecule has 0 unspecified atom stereocenters. The van der Waals surface area contributed by atoms with Crippen molar-refractivity contribution in [2.75, 3.05) is 14.2 Å². The number of nitrogens with zero attached hydrogens (tertiary/aromatic N) is 2. The first-order valence-electron chi connectivity index (χ1n) is 9.85. The van der Waals surface area contributed by atoms with Crippen LogP contribution in [0.1, 0.15) is 27.3 Å². The smallest absolute Gasteiger partial charge is 0.271 e. The lowest BCUT2D eigenvalue weighted by Crippen LogP contribution is -2.17. The Hall–Kier alpha value is -3.84. The summed E-state index contributed by atoms with van der Waals surface area (Å²) in [5, 5.41) is 4.41. The lowest BCUT2D eigenvalue weighted by Gasteiger charge is -2.09. The Bertz CT molecular complexity index is 1290. The summed E-state index contributed by atoms with van der Waals surface area (Å²) in [5.41, 5.74) is 6.40. The van der Waals surface area contributed by atoms with E-state index in [0.29, 0.717) is 34.1 Å². The van der Waals surface area contributed by atoms with Gasteiger partial charge in [-0.15, -0.1) is 0 Å². The lowest BCUT2D eigenvalue weighted by atomic mass is 10.1. The highest BCUT2D eigenvalue weighted by molar-refractivity contribution is 6.32. The minimum Gasteiger partial charge on any atom is -0.493 e. The number of hydrazone groups is 1. The zero-order valence-electron chi connectivity index (χ0n) is 17.6. The number of methoxy groups -OCH3 is 2. The van der Waals surface area contributed by atoms with Gasteiger partial charge in [-0.25, -0.2) is 10.4 Å². The molecule has 7 nitrogen and oxygen atoms in total. The van der Waals surface area contributed by atoms with Gasteiger partial charge >= 0.3 is 0 Å². The highest BCUT2D eigenvalue weighted by atomic mass is 35.5. The molecule has 0 fully saturated rings. The Balaban J connectivity index is 1.46. The van der Waals surface area contributed by atoms with E-state index in [1.165, 1.54) is 20.4 Å². The van der Waals surface area contributed by atoms with E-state index in [0.717, 1.165) is 22.4 Å². The van der Waals surface area contributed by atoms with E-state index >= 15 is 0 Å². The van der Waals surface area contributed by atoms with Gasteiger partial charge in [0.05, 0.1) is 36.5 Å². The number of rotatable bonds is 7. The molecule has 32 heavy (non-hydrogen) atoms. The number of carbonyl (C=O) groups excluding carboxylic acids is 1. The first-order chi connectivity index (χ1) is 15.6. The molecular formula is C24H21ClN4O3. The van der Waals surface area contributed by atoms with Crippen LogP contribution < -0.4 is 14.9 Å². The minimum atomic E-state index is -0.339. The lowest BCUT2D eigenvalue weighted by molar-refractivity contribution is 0.0955. The number of hydrogen-bond donors (Lipinski definition) is 2. The quantitative estimate of drug-likeness (QED) is 0.320. The molecule has 1 aromatic heterocycles. The summed E-state index contributed by atoms with van der Waals surface area (Å²) >= 11 is 6.20. The summed E-state index contributed by atoms with van der Waals surface area (Å²) in [7, 11) is 3.03. The third-order valence-electron chi connectivity index (χ3n) is 4.84. The van der Waals surface area contributed by atoms with Crippen LogP contribution in [-0.2, 0) is 6.42 Å². The van der Waals surface area contributed by atoms with Crippen LogP contribution in [0.3, 0.4) is 0 Å². The number of carbonyl (C=O) groups is 1. The second kappa shape index (κ2) is 9.53. The second-order valence-electron chi connectivity index (χ2n) is 7.02. The summed E-state index contributed by atoms with van der Waals surface area (Å²) in [6.45, 7) is 0. The molecule has 0 bridgehead atoms. The molecular weight excluding hydrogens is 428 g/mol. The Morgan fingerprint density at radius 1 is 1.12 bits per heavy atom. The van der Waals surface area contributed by atoms with Gasteiger partial charge in [-0.2, -0.15) is 5.10 Å². The molecule has 0 aliphatic heterocycles. The number of nitrogens with one attached hydrogen (secondary N) is 2. The zero-order chi connectivity index (χ0) is 22.5. The summed E-state index contributed by atoms with van der Waals surface area (Å²) in [6, 6.07) is 18.7. The van der Waals surface area contributed by atoms with Gasteiger partial charge in [0.1, 0.15) is 5.82 Å². The number of hydrogen-bond acceptors (Lipinski definition) is 5. The van der Waals surface area contributed by atoms with E-state index in [1.54, 1.807) is 24.3 Å². The van der Waals surface area contributed by atoms with Crippen LogP contribution in [-0.4, -0.2) is 36.3 Å². The molecule has 2 N–H and O–H groups in total. The van der Waals surface area contributed by atoms with Gasteiger partial charge < -0.3 is 14.5 Å². The van der Waals surface area contributed by atoms with Gasteiger partial charge in [0, 0.05) is 12.0 Å². The topological polar surface area (TPSA) is 88.6 Å². The highest BCUT2D eigenvalue weighted by Crippen LogP contribution is 2.35. The summed E-state index contributed by atoms with van der Waals surface area (Å²) in [4.78, 5) is 20.4. The van der Waals surface area contributed by atoms with Crippen LogP contribution in [0, 0.1) is 0 Å². The van der Waals surface area contributed by atoms with Gasteiger partial charge in [0.25, 0.3) is 5.91 Å². The number of fused-ring (bicyclic) bond motifs is 1. The normalized spacial score (nSPS) is 11.1. The zero-order valence-corrected chi connectivity index (χ0v) is 18.3. The molecule has 0 atom stereocenters. The van der Waals surface area contributed by atoms with Gasteiger partial charge in [-0.3, -0.25) is 4.79 Å². The minimum absolute atomic E-state index is 0.339. The molecule has 4 rings (SSSR count). The predicted octanol–water partition coefficient (Wildman–Crippen LogP) is 4.59. The third kappa shape index (κ3) is 4.73. The maximum Gasteiger partial charge on any atom is 0.271 e. The summed E-state index contributed by atoms with van der Waals surface area (Å²) < 4.78 is 10.5. The number of aromatic nitrogens is 2. The average Bonchev–Trinajstić information content (AvgIpc) is 3.20. The van der Waals surface area contributed by atoms with Crippen LogP contribution in [0.4, 0.5) is 0 Å². The fourth-order valence-electron chi connectivity index (χ4n) is 3.32. The molecule has 8 heteroatoms. The van der Waals surface area contributed by atoms with Crippen LogP contribution in [0.25, 0.3) is 11.0 Å². The molecule has 3 aromatic carbocycles. The van der Waals surface area contributed by atoms with E-state index in [4.69, 9.17) is 21.1 Å². The van der Waals surface area contributed by atoms with E-state index in [2.05, 4.69) is 32.6 Å². The van der Waals surface area contributed by atoms with Crippen molar-refractivity contribution in [3.63, 3.8) is 0 Å². The predicted molar refractivity (Wildman–Crippen MR) is 125 cm³/mol. The van der Waals surface area contributed by atoms with Crippen LogP contribution in [0.15, 0.2) is 65.8 Å². The molecule has 0 aliphatic rings. The standard InChI is InChI=1S/C24H21ClN4O3/c1-31-21-11-16(10-18(25)23(21)32-2)14-26-29-24(30)17-8-9-19-20(13-17)28-22(27-19)12-15-6-4-3-5-7-15/h3-11,13-14H,12H2,1-2H3,(H,27,28)(H,29,30)/b26-14-. The number of halogens is 1. The van der Waals surface area contributed by atoms with Crippen LogP contribution in [0.5, 0.6) is 11.5 Å². The second-order valence-corrected chi connectivity index (χ2v) is 7.42. The van der Waals surface area contributed by atoms with E-state index in [-0.39, 0.29) is 5.91 Å². The fraction of sp³-hybridized carbons (Fsp3) is 0.125. The number of H-pyrrole nitrogens is 1. The van der Waals surface area contributed by atoms with E-state index < -0.39 is 0 Å². The van der Waals surface area contributed by atoms with Crippen molar-refractivity contribution in [1.82, 2.24) is 15.4 Å². The molecule has 0 aliphatic carbocycles. The van der Waals surface area contributed by atoms with Crippen molar-refractivity contribution in [1.29, 1.82) is 0 Å². The first-order valence-corrected chi connectivity index (χ1v) is 10.2. The maximum absolute atomic E-state index is 12.5. The Morgan fingerprint density at radius 3 is 2.69 bits per heavy atom. The van der Waals surface area contributed by atoms with Crippen molar-refractivity contribution in [2.24, 2.45) is 5.10 Å². The number of imidazole rings is 1. The number of benzene rings is 3. The summed E-state index contributed by atoms with van der Waals surface area (Å²) in [5.74, 6) is 1.42. The molecule has 1 heterocycles. The number of aromatic amines is 1. The van der Waals surface area contributed by atoms with Gasteiger partial charge in [-0.1, -0.05) is 41.9 Å². The van der Waals surface area contributed by atoms with Crippen molar-refractivity contribution < 1.29 is 14.3 Å². The van der Waals surface area contributed by atoms with Crippen molar-refractivity contribution >= 4 is 34.8 Å². The van der Waals surface area contributed by atoms with E-state index in [9.17, 15) is 4.79 Å². The summed E-state index contributed by atoms with van der Waals surface area (Å²) in [6.07, 6.45) is 2.17.